The lowest BCUT2D eigenvalue weighted by Crippen LogP contribution is -2.50. The number of anilines is 1. The van der Waals surface area contributed by atoms with E-state index in [2.05, 4.69) is 15.6 Å². The second-order valence-electron chi connectivity index (χ2n) is 8.21. The summed E-state index contributed by atoms with van der Waals surface area (Å²) >= 11 is 0. The maximum Gasteiger partial charge on any atom is 0.262 e. The lowest BCUT2D eigenvalue weighted by Gasteiger charge is -2.34. The van der Waals surface area contributed by atoms with Crippen molar-refractivity contribution in [2.45, 2.75) is 26.0 Å². The van der Waals surface area contributed by atoms with Crippen LogP contribution in [0.1, 0.15) is 29.3 Å². The summed E-state index contributed by atoms with van der Waals surface area (Å²) in [6, 6.07) is 22.5. The van der Waals surface area contributed by atoms with Gasteiger partial charge < -0.3 is 15.0 Å². The summed E-state index contributed by atoms with van der Waals surface area (Å²) in [5, 5.41) is 11.3. The number of hydrogen-bond acceptors (Lipinski definition) is 5. The van der Waals surface area contributed by atoms with Gasteiger partial charge in [-0.3, -0.25) is 9.59 Å². The Labute approximate surface area is 197 Å². The molecule has 0 saturated heterocycles. The Morgan fingerprint density at radius 2 is 1.79 bits per heavy atom. The highest BCUT2D eigenvalue weighted by molar-refractivity contribution is 6.07. The number of ether oxygens (including phenoxy) is 1. The van der Waals surface area contributed by atoms with Gasteiger partial charge in [0, 0.05) is 12.1 Å². The summed E-state index contributed by atoms with van der Waals surface area (Å²) in [5.74, 6) is 0.125. The first-order valence-electron chi connectivity index (χ1n) is 11.4. The van der Waals surface area contributed by atoms with Crippen LogP contribution in [0.4, 0.5) is 5.69 Å². The number of carbonyl (C=O) groups is 2. The Morgan fingerprint density at radius 1 is 1.03 bits per heavy atom. The normalized spacial score (nSPS) is 15.0. The van der Waals surface area contributed by atoms with Gasteiger partial charge >= 0.3 is 0 Å². The van der Waals surface area contributed by atoms with E-state index in [9.17, 15) is 9.59 Å². The highest BCUT2D eigenvalue weighted by Gasteiger charge is 2.34. The molecule has 0 aliphatic carbocycles. The molecule has 8 heteroatoms. The average Bonchev–Trinajstić information content (AvgIpc) is 3.29. The summed E-state index contributed by atoms with van der Waals surface area (Å²) in [6.45, 7) is 3.26. The molecule has 34 heavy (non-hydrogen) atoms. The van der Waals surface area contributed by atoms with Crippen molar-refractivity contribution in [2.75, 3.05) is 18.0 Å². The number of amides is 2. The van der Waals surface area contributed by atoms with Crippen LogP contribution in [0.3, 0.4) is 0 Å². The molecular formula is C26H25N5O3. The highest BCUT2D eigenvalue weighted by atomic mass is 16.5. The lowest BCUT2D eigenvalue weighted by molar-refractivity contribution is -0.127. The van der Waals surface area contributed by atoms with Crippen LogP contribution in [0.5, 0.6) is 5.75 Å². The van der Waals surface area contributed by atoms with Crippen LogP contribution in [0.15, 0.2) is 72.8 Å². The van der Waals surface area contributed by atoms with E-state index in [0.29, 0.717) is 30.1 Å². The Balaban J connectivity index is 1.36. The van der Waals surface area contributed by atoms with Crippen LogP contribution >= 0.6 is 0 Å². The standard InChI is InChI=1S/C26H25N5O3/c1-2-15-27-25(32)24-17-30(22-9-5-6-10-23(22)34-24)26(33)19-13-11-18(12-14-19)16-31-21-8-4-3-7-20(21)28-29-31/h3-14,24H,2,15-17H2,1H3,(H,27,32)/t24-/m1/s1. The number of hydrogen-bond donors (Lipinski definition) is 1. The molecular weight excluding hydrogens is 430 g/mol. The van der Waals surface area contributed by atoms with Crippen molar-refractivity contribution in [3.8, 4) is 5.75 Å². The fraction of sp³-hybridized carbons (Fsp3) is 0.231. The molecule has 0 radical (unpaired) electrons. The van der Waals surface area contributed by atoms with Crippen LogP contribution < -0.4 is 15.0 Å². The molecule has 1 N–H and O–H groups in total. The van der Waals surface area contributed by atoms with E-state index in [-0.39, 0.29) is 18.4 Å². The Kier molecular flexibility index (Phi) is 5.95. The van der Waals surface area contributed by atoms with E-state index < -0.39 is 6.10 Å². The van der Waals surface area contributed by atoms with Crippen LogP contribution in [-0.4, -0.2) is 46.0 Å². The summed E-state index contributed by atoms with van der Waals surface area (Å²) in [6.07, 6.45) is 0.0688. The van der Waals surface area contributed by atoms with Crippen molar-refractivity contribution in [3.63, 3.8) is 0 Å². The lowest BCUT2D eigenvalue weighted by atomic mass is 10.1. The van der Waals surface area contributed by atoms with Crippen molar-refractivity contribution in [2.24, 2.45) is 0 Å². The monoisotopic (exact) mass is 455 g/mol. The van der Waals surface area contributed by atoms with Gasteiger partial charge in [0.1, 0.15) is 11.3 Å². The number of fused-ring (bicyclic) bond motifs is 2. The van der Waals surface area contributed by atoms with Crippen molar-refractivity contribution < 1.29 is 14.3 Å². The van der Waals surface area contributed by atoms with Gasteiger partial charge in [0.2, 0.25) is 0 Å². The van der Waals surface area contributed by atoms with Gasteiger partial charge in [-0.1, -0.05) is 48.5 Å². The van der Waals surface area contributed by atoms with E-state index in [0.717, 1.165) is 23.0 Å². The molecule has 0 fully saturated rings. The predicted octanol–water partition coefficient (Wildman–Crippen LogP) is 3.41. The van der Waals surface area contributed by atoms with Gasteiger partial charge in [0.15, 0.2) is 6.10 Å². The molecule has 8 nitrogen and oxygen atoms in total. The fourth-order valence-electron chi connectivity index (χ4n) is 4.04. The van der Waals surface area contributed by atoms with Crippen molar-refractivity contribution >= 4 is 28.5 Å². The van der Waals surface area contributed by atoms with E-state index in [4.69, 9.17) is 4.74 Å². The zero-order valence-electron chi connectivity index (χ0n) is 18.8. The zero-order valence-corrected chi connectivity index (χ0v) is 18.8. The van der Waals surface area contributed by atoms with Gasteiger partial charge in [-0.05, 0) is 48.4 Å². The van der Waals surface area contributed by atoms with Crippen LogP contribution in [0, 0.1) is 0 Å². The second kappa shape index (κ2) is 9.35. The van der Waals surface area contributed by atoms with E-state index in [1.54, 1.807) is 23.1 Å². The number of para-hydroxylation sites is 3. The molecule has 0 spiro atoms. The molecule has 2 heterocycles. The van der Waals surface area contributed by atoms with Gasteiger partial charge in [0.25, 0.3) is 11.8 Å². The maximum absolute atomic E-state index is 13.5. The quantitative estimate of drug-likeness (QED) is 0.481. The molecule has 1 atom stereocenters. The third-order valence-corrected chi connectivity index (χ3v) is 5.81. The second-order valence-corrected chi connectivity index (χ2v) is 8.21. The first-order chi connectivity index (χ1) is 16.6. The topological polar surface area (TPSA) is 89.4 Å². The van der Waals surface area contributed by atoms with Gasteiger partial charge in [-0.2, -0.15) is 0 Å². The summed E-state index contributed by atoms with van der Waals surface area (Å²) in [7, 11) is 0. The largest absolute Gasteiger partial charge is 0.477 e. The van der Waals surface area contributed by atoms with Gasteiger partial charge in [-0.15, -0.1) is 5.10 Å². The van der Waals surface area contributed by atoms with E-state index in [1.165, 1.54) is 0 Å². The molecule has 172 valence electrons. The molecule has 2 amide bonds. The minimum atomic E-state index is -0.759. The first-order valence-corrected chi connectivity index (χ1v) is 11.4. The van der Waals surface area contributed by atoms with E-state index >= 15 is 0 Å². The SMILES string of the molecule is CCCNC(=O)[C@H]1CN(C(=O)c2ccc(Cn3nnc4ccccc43)cc2)c2ccccc2O1. The zero-order chi connectivity index (χ0) is 23.5. The molecule has 1 aromatic heterocycles. The smallest absolute Gasteiger partial charge is 0.262 e. The highest BCUT2D eigenvalue weighted by Crippen LogP contribution is 2.34. The molecule has 3 aromatic carbocycles. The minimum absolute atomic E-state index is 0.151. The average molecular weight is 456 g/mol. The Bertz CT molecular complexity index is 1330. The molecule has 4 aromatic rings. The molecule has 5 rings (SSSR count). The van der Waals surface area contributed by atoms with Crippen molar-refractivity contribution in [1.29, 1.82) is 0 Å². The number of nitrogens with zero attached hydrogens (tertiary/aromatic N) is 4. The first kappa shape index (κ1) is 21.6. The predicted molar refractivity (Wildman–Crippen MR) is 129 cm³/mol. The summed E-state index contributed by atoms with van der Waals surface area (Å²) in [5.41, 5.74) is 4.01. The molecule has 1 aliphatic heterocycles. The van der Waals surface area contributed by atoms with Crippen LogP contribution in [0.25, 0.3) is 11.0 Å². The molecule has 0 saturated carbocycles. The Hall–Kier alpha value is -4.20. The third kappa shape index (κ3) is 4.22. The number of carbonyl (C=O) groups excluding carboxylic acids is 2. The van der Waals surface area contributed by atoms with Crippen molar-refractivity contribution in [3.05, 3.63) is 83.9 Å². The Morgan fingerprint density at radius 3 is 2.62 bits per heavy atom. The van der Waals surface area contributed by atoms with Crippen LogP contribution in [0.2, 0.25) is 0 Å². The van der Waals surface area contributed by atoms with E-state index in [1.807, 2.05) is 66.2 Å². The number of aromatic nitrogens is 3. The molecule has 0 unspecified atom stereocenters. The number of benzene rings is 3. The number of nitrogens with one attached hydrogen (secondary N) is 1. The van der Waals surface area contributed by atoms with Crippen LogP contribution in [-0.2, 0) is 11.3 Å². The summed E-state index contributed by atoms with van der Waals surface area (Å²) < 4.78 is 7.74. The minimum Gasteiger partial charge on any atom is -0.477 e. The maximum atomic E-state index is 13.5. The molecule has 1 aliphatic rings. The third-order valence-electron chi connectivity index (χ3n) is 5.81. The fourth-order valence-corrected chi connectivity index (χ4v) is 4.04. The van der Waals surface area contributed by atoms with Crippen molar-refractivity contribution in [1.82, 2.24) is 20.3 Å². The number of rotatable bonds is 6. The van der Waals surface area contributed by atoms with Gasteiger partial charge in [-0.25, -0.2) is 4.68 Å². The molecule has 0 bridgehead atoms. The summed E-state index contributed by atoms with van der Waals surface area (Å²) in [4.78, 5) is 27.7. The van der Waals surface area contributed by atoms with Gasteiger partial charge in [0.05, 0.1) is 24.3 Å².